The van der Waals surface area contributed by atoms with E-state index in [0.717, 1.165) is 23.5 Å². The molecule has 0 radical (unpaired) electrons. The second-order valence-corrected chi connectivity index (χ2v) is 9.13. The van der Waals surface area contributed by atoms with Crippen molar-refractivity contribution in [3.05, 3.63) is 60.2 Å². The Morgan fingerprint density at radius 2 is 1.66 bits per heavy atom. The van der Waals surface area contributed by atoms with E-state index in [1.165, 1.54) is 0 Å². The van der Waals surface area contributed by atoms with Crippen molar-refractivity contribution in [3.8, 4) is 5.75 Å². The number of hydrogen-bond donors (Lipinski definition) is 0. The molecule has 0 amide bonds. The van der Waals surface area contributed by atoms with Gasteiger partial charge in [0.1, 0.15) is 12.4 Å². The van der Waals surface area contributed by atoms with Crippen LogP contribution in [0, 0.1) is 5.41 Å². The van der Waals surface area contributed by atoms with E-state index in [9.17, 15) is 9.59 Å². The molecule has 3 aliphatic heterocycles. The second-order valence-electron chi connectivity index (χ2n) is 9.13. The lowest BCUT2D eigenvalue weighted by atomic mass is 9.69. The van der Waals surface area contributed by atoms with E-state index in [-0.39, 0.29) is 12.5 Å². The molecule has 0 aliphatic carbocycles. The molecule has 0 N–H and O–H groups in total. The predicted molar refractivity (Wildman–Crippen MR) is 118 cm³/mol. The lowest BCUT2D eigenvalue weighted by molar-refractivity contribution is -0.253. The third kappa shape index (κ3) is 3.50. The number of para-hydroxylation sites is 2. The van der Waals surface area contributed by atoms with Crippen LogP contribution in [0.2, 0.25) is 0 Å². The molecular weight excluding hydrogens is 408 g/mol. The predicted octanol–water partition coefficient (Wildman–Crippen LogP) is 2.63. The van der Waals surface area contributed by atoms with E-state index < -0.39 is 23.1 Å². The Labute approximate surface area is 187 Å². The minimum atomic E-state index is -1.37. The maximum Gasteiger partial charge on any atom is 0.329 e. The monoisotopic (exact) mass is 436 g/mol. The molecule has 0 aromatic heterocycles. The molecule has 2 fully saturated rings. The highest BCUT2D eigenvalue weighted by molar-refractivity contribution is 6.04. The normalized spacial score (nSPS) is 23.7. The highest BCUT2D eigenvalue weighted by Gasteiger charge is 2.64. The molecule has 0 saturated carbocycles. The summed E-state index contributed by atoms with van der Waals surface area (Å²) >= 11 is 0. The molecule has 2 aromatic carbocycles. The third-order valence-corrected chi connectivity index (χ3v) is 6.63. The van der Waals surface area contributed by atoms with Gasteiger partial charge >= 0.3 is 11.9 Å². The Kier molecular flexibility index (Phi) is 5.08. The molecule has 2 saturated heterocycles. The smallest absolute Gasteiger partial charge is 0.329 e. The standard InChI is InChI=1S/C25H28N2O5/c1-24(2)31-22(28)25(23(29)32-24)16-18-8-6-7-11-20(18)27-13-12-26(17-21(25)27)14-15-30-19-9-4-3-5-10-19/h3-11,21H,12-17H2,1-2H3. The van der Waals surface area contributed by atoms with Crippen molar-refractivity contribution in [1.29, 1.82) is 0 Å². The van der Waals surface area contributed by atoms with Crippen molar-refractivity contribution in [2.45, 2.75) is 32.1 Å². The summed E-state index contributed by atoms with van der Waals surface area (Å²) in [4.78, 5) is 31.2. The average Bonchev–Trinajstić information content (AvgIpc) is 2.77. The lowest BCUT2D eigenvalue weighted by Crippen LogP contribution is -2.71. The van der Waals surface area contributed by atoms with E-state index in [4.69, 9.17) is 14.2 Å². The summed E-state index contributed by atoms with van der Waals surface area (Å²) in [7, 11) is 0. The fourth-order valence-electron chi connectivity index (χ4n) is 5.07. The van der Waals surface area contributed by atoms with Crippen molar-refractivity contribution >= 4 is 17.6 Å². The van der Waals surface area contributed by atoms with Gasteiger partial charge in [0.25, 0.3) is 5.79 Å². The van der Waals surface area contributed by atoms with Crippen LogP contribution in [-0.2, 0) is 25.5 Å². The van der Waals surface area contributed by atoms with Gasteiger partial charge < -0.3 is 19.1 Å². The Morgan fingerprint density at radius 3 is 2.41 bits per heavy atom. The molecule has 0 bridgehead atoms. The molecule has 1 spiro atoms. The van der Waals surface area contributed by atoms with Crippen LogP contribution in [0.3, 0.4) is 0 Å². The molecule has 1 unspecified atom stereocenters. The summed E-state index contributed by atoms with van der Waals surface area (Å²) < 4.78 is 17.1. The Hall–Kier alpha value is -3.06. The molecule has 32 heavy (non-hydrogen) atoms. The highest BCUT2D eigenvalue weighted by atomic mass is 16.7. The summed E-state index contributed by atoms with van der Waals surface area (Å²) in [6, 6.07) is 17.3. The van der Waals surface area contributed by atoms with Crippen LogP contribution in [-0.4, -0.2) is 61.5 Å². The van der Waals surface area contributed by atoms with Crippen molar-refractivity contribution in [3.63, 3.8) is 0 Å². The Balaban J connectivity index is 1.40. The van der Waals surface area contributed by atoms with Crippen molar-refractivity contribution in [2.24, 2.45) is 5.41 Å². The number of hydrogen-bond acceptors (Lipinski definition) is 7. The number of benzene rings is 2. The van der Waals surface area contributed by atoms with Gasteiger partial charge in [-0.1, -0.05) is 36.4 Å². The summed E-state index contributed by atoms with van der Waals surface area (Å²) in [5, 5.41) is 0. The zero-order valence-corrected chi connectivity index (χ0v) is 18.5. The summed E-state index contributed by atoms with van der Waals surface area (Å²) in [6.45, 7) is 6.50. The maximum absolute atomic E-state index is 13.4. The molecule has 168 valence electrons. The van der Waals surface area contributed by atoms with Crippen LogP contribution in [0.5, 0.6) is 5.75 Å². The molecular formula is C25H28N2O5. The van der Waals surface area contributed by atoms with Gasteiger partial charge in [0.2, 0.25) is 0 Å². The van der Waals surface area contributed by atoms with Crippen LogP contribution in [0.1, 0.15) is 19.4 Å². The highest BCUT2D eigenvalue weighted by Crippen LogP contribution is 2.47. The van der Waals surface area contributed by atoms with Gasteiger partial charge in [-0.2, -0.15) is 0 Å². The van der Waals surface area contributed by atoms with Crippen molar-refractivity contribution in [2.75, 3.05) is 37.7 Å². The number of cyclic esters (lactones) is 2. The molecule has 2 aromatic rings. The van der Waals surface area contributed by atoms with E-state index in [0.29, 0.717) is 26.2 Å². The number of piperazine rings is 1. The number of anilines is 1. The van der Waals surface area contributed by atoms with Gasteiger partial charge in [-0.3, -0.25) is 14.5 Å². The van der Waals surface area contributed by atoms with Crippen LogP contribution >= 0.6 is 0 Å². The number of ether oxygens (including phenoxy) is 3. The Morgan fingerprint density at radius 1 is 0.969 bits per heavy atom. The zero-order chi connectivity index (χ0) is 22.3. The number of nitrogens with zero attached hydrogens (tertiary/aromatic N) is 2. The largest absolute Gasteiger partial charge is 0.492 e. The molecule has 3 aliphatic rings. The first-order chi connectivity index (χ1) is 15.4. The van der Waals surface area contributed by atoms with Crippen LogP contribution in [0.15, 0.2) is 54.6 Å². The first-order valence-corrected chi connectivity index (χ1v) is 11.1. The number of fused-ring (bicyclic) bond motifs is 4. The minimum Gasteiger partial charge on any atom is -0.492 e. The lowest BCUT2D eigenvalue weighted by Gasteiger charge is -2.54. The number of rotatable bonds is 4. The SMILES string of the molecule is CC1(C)OC(=O)C2(Cc3ccccc3N3CCN(CCOc4ccccc4)CC32)C(=O)O1. The average molecular weight is 437 g/mol. The first kappa shape index (κ1) is 20.8. The van der Waals surface area contributed by atoms with Crippen molar-refractivity contribution < 1.29 is 23.8 Å². The van der Waals surface area contributed by atoms with E-state index >= 15 is 0 Å². The third-order valence-electron chi connectivity index (χ3n) is 6.63. The molecule has 5 rings (SSSR count). The van der Waals surface area contributed by atoms with Gasteiger partial charge in [-0.25, -0.2) is 0 Å². The van der Waals surface area contributed by atoms with Gasteiger partial charge in [0, 0.05) is 52.1 Å². The van der Waals surface area contributed by atoms with Crippen LogP contribution in [0.25, 0.3) is 0 Å². The Bertz CT molecular complexity index is 1000. The number of carbonyl (C=O) groups is 2. The molecule has 7 nitrogen and oxygen atoms in total. The number of esters is 2. The molecule has 7 heteroatoms. The van der Waals surface area contributed by atoms with Crippen LogP contribution in [0.4, 0.5) is 5.69 Å². The topological polar surface area (TPSA) is 68.3 Å². The summed E-state index contributed by atoms with van der Waals surface area (Å²) in [5.74, 6) is -1.41. The van der Waals surface area contributed by atoms with Gasteiger partial charge in [-0.05, 0) is 23.8 Å². The van der Waals surface area contributed by atoms with Crippen molar-refractivity contribution in [1.82, 2.24) is 4.90 Å². The van der Waals surface area contributed by atoms with Gasteiger partial charge in [-0.15, -0.1) is 0 Å². The fourth-order valence-corrected chi connectivity index (χ4v) is 5.07. The number of carbonyl (C=O) groups excluding carboxylic acids is 2. The molecule has 1 atom stereocenters. The second kappa shape index (κ2) is 7.81. The maximum atomic E-state index is 13.4. The minimum absolute atomic E-state index is 0.284. The fraction of sp³-hybridized carbons (Fsp3) is 0.440. The van der Waals surface area contributed by atoms with Gasteiger partial charge in [0.05, 0.1) is 6.04 Å². The summed E-state index contributed by atoms with van der Waals surface area (Å²) in [6.07, 6.45) is 0.284. The van der Waals surface area contributed by atoms with E-state index in [1.54, 1.807) is 13.8 Å². The van der Waals surface area contributed by atoms with Crippen LogP contribution < -0.4 is 9.64 Å². The zero-order valence-electron chi connectivity index (χ0n) is 18.5. The summed E-state index contributed by atoms with van der Waals surface area (Å²) in [5.41, 5.74) is 0.676. The molecule has 3 heterocycles. The van der Waals surface area contributed by atoms with E-state index in [2.05, 4.69) is 15.9 Å². The van der Waals surface area contributed by atoms with Gasteiger partial charge in [0.15, 0.2) is 5.41 Å². The van der Waals surface area contributed by atoms with E-state index in [1.807, 2.05) is 48.5 Å². The first-order valence-electron chi connectivity index (χ1n) is 11.1. The quantitative estimate of drug-likeness (QED) is 0.539.